The number of rotatable bonds is 10. The van der Waals surface area contributed by atoms with Gasteiger partial charge in [-0.15, -0.1) is 0 Å². The molecule has 0 N–H and O–H groups in total. The van der Waals surface area contributed by atoms with Crippen LogP contribution in [0.15, 0.2) is 66.8 Å². The zero-order valence-electron chi connectivity index (χ0n) is 23.5. The number of fused-ring (bicyclic) bond motifs is 2. The van der Waals surface area contributed by atoms with Crippen LogP contribution in [0, 0.1) is 0 Å². The molecule has 0 saturated heterocycles. The van der Waals surface area contributed by atoms with Crippen LogP contribution in [0.3, 0.4) is 0 Å². The smallest absolute Gasteiger partial charge is 0.333 e. The Kier molecular flexibility index (Phi) is 8.87. The molecule has 6 heteroatoms. The van der Waals surface area contributed by atoms with E-state index in [0.717, 1.165) is 27.1 Å². The molecule has 3 aromatic rings. The Morgan fingerprint density at radius 3 is 1.58 bits per heavy atom. The highest BCUT2D eigenvalue weighted by Gasteiger charge is 2.22. The lowest BCUT2D eigenvalue weighted by atomic mass is 9.85. The summed E-state index contributed by atoms with van der Waals surface area (Å²) >= 11 is 0. The first-order chi connectivity index (χ1) is 17.8. The molecule has 0 aliphatic heterocycles. The fourth-order valence-electron chi connectivity index (χ4n) is 3.91. The van der Waals surface area contributed by atoms with Crippen molar-refractivity contribution in [3.05, 3.63) is 72.3 Å². The Hall–Kier alpha value is -3.80. The van der Waals surface area contributed by atoms with Gasteiger partial charge in [-0.25, -0.2) is 9.59 Å². The zero-order valence-corrected chi connectivity index (χ0v) is 23.5. The van der Waals surface area contributed by atoms with Gasteiger partial charge in [-0.3, -0.25) is 0 Å². The summed E-state index contributed by atoms with van der Waals surface area (Å²) in [5, 5.41) is 3.49. The molecule has 0 spiro atoms. The predicted octanol–water partition coefficient (Wildman–Crippen LogP) is 7.06. The highest BCUT2D eigenvalue weighted by Crippen LogP contribution is 2.44. The Morgan fingerprint density at radius 1 is 0.737 bits per heavy atom. The molecular formula is C32H38O6. The highest BCUT2D eigenvalue weighted by atomic mass is 16.6. The summed E-state index contributed by atoms with van der Waals surface area (Å²) in [5.74, 6) is 0.476. The molecule has 0 saturated carbocycles. The monoisotopic (exact) mass is 518 g/mol. The zero-order chi connectivity index (χ0) is 28.2. The number of benzene rings is 3. The van der Waals surface area contributed by atoms with E-state index in [9.17, 15) is 9.59 Å². The van der Waals surface area contributed by atoms with Crippen LogP contribution in [0.25, 0.3) is 21.5 Å². The van der Waals surface area contributed by atoms with Crippen molar-refractivity contribution >= 4 is 33.5 Å². The third-order valence-electron chi connectivity index (χ3n) is 6.03. The Bertz CT molecular complexity index is 1380. The molecule has 38 heavy (non-hydrogen) atoms. The first kappa shape index (κ1) is 28.8. The molecule has 202 valence electrons. The molecule has 0 amide bonds. The molecule has 6 nitrogen and oxygen atoms in total. The van der Waals surface area contributed by atoms with Gasteiger partial charge in [-0.05, 0) is 44.7 Å². The minimum absolute atomic E-state index is 0.0896. The van der Waals surface area contributed by atoms with Crippen molar-refractivity contribution in [2.24, 2.45) is 0 Å². The van der Waals surface area contributed by atoms with Crippen molar-refractivity contribution in [2.75, 3.05) is 13.2 Å². The van der Waals surface area contributed by atoms with Gasteiger partial charge in [0.25, 0.3) is 0 Å². The van der Waals surface area contributed by atoms with E-state index in [1.54, 1.807) is 27.7 Å². The minimum atomic E-state index is -0.474. The maximum Gasteiger partial charge on any atom is 0.333 e. The third kappa shape index (κ3) is 6.74. The summed E-state index contributed by atoms with van der Waals surface area (Å²) in [6.07, 6.45) is -0.944. The molecule has 0 radical (unpaired) electrons. The van der Waals surface area contributed by atoms with Crippen LogP contribution in [-0.4, -0.2) is 37.4 Å². The molecule has 0 bridgehead atoms. The largest absolute Gasteiger partial charge is 0.488 e. The average Bonchev–Trinajstić information content (AvgIpc) is 2.84. The quantitative estimate of drug-likeness (QED) is 0.162. The Balaban J connectivity index is 2.08. The molecular weight excluding hydrogens is 480 g/mol. The van der Waals surface area contributed by atoms with E-state index in [1.165, 1.54) is 0 Å². The third-order valence-corrected chi connectivity index (χ3v) is 6.03. The summed E-state index contributed by atoms with van der Waals surface area (Å²) in [5.41, 5.74) is 1.73. The molecule has 0 fully saturated rings. The van der Waals surface area contributed by atoms with Gasteiger partial charge in [-0.2, -0.15) is 0 Å². The van der Waals surface area contributed by atoms with E-state index in [4.69, 9.17) is 18.9 Å². The van der Waals surface area contributed by atoms with Crippen molar-refractivity contribution in [1.29, 1.82) is 0 Å². The number of hydrogen-bond acceptors (Lipinski definition) is 6. The van der Waals surface area contributed by atoms with Crippen LogP contribution in [-0.2, 0) is 24.5 Å². The lowest BCUT2D eigenvalue weighted by molar-refractivity contribution is -0.145. The second-order valence-electron chi connectivity index (χ2n) is 10.8. The van der Waals surface area contributed by atoms with Crippen LogP contribution >= 0.6 is 0 Å². The van der Waals surface area contributed by atoms with E-state index in [2.05, 4.69) is 46.1 Å². The SMILES string of the molecule is C=C(C)C(=O)OC(C)COc1c2ccccc2c(OCC(C)OC(=O)C(=C)C)c2cc(C(C)(C)C)ccc12. The molecule has 0 heterocycles. The maximum absolute atomic E-state index is 12.0. The number of carbonyl (C=O) groups excluding carboxylic acids is 2. The summed E-state index contributed by atoms with van der Waals surface area (Å²) in [7, 11) is 0. The van der Waals surface area contributed by atoms with E-state index >= 15 is 0 Å². The molecule has 2 atom stereocenters. The van der Waals surface area contributed by atoms with Crippen molar-refractivity contribution in [2.45, 2.75) is 66.1 Å². The lowest BCUT2D eigenvalue weighted by Gasteiger charge is -2.24. The minimum Gasteiger partial charge on any atom is -0.488 e. The van der Waals surface area contributed by atoms with Crippen LogP contribution in [0.2, 0.25) is 0 Å². The van der Waals surface area contributed by atoms with E-state index < -0.39 is 24.1 Å². The van der Waals surface area contributed by atoms with Gasteiger partial charge >= 0.3 is 11.9 Å². The van der Waals surface area contributed by atoms with Crippen LogP contribution in [0.5, 0.6) is 11.5 Å². The van der Waals surface area contributed by atoms with Crippen molar-refractivity contribution in [1.82, 2.24) is 0 Å². The van der Waals surface area contributed by atoms with Crippen LogP contribution < -0.4 is 9.47 Å². The van der Waals surface area contributed by atoms with Gasteiger partial charge in [0.1, 0.15) is 36.9 Å². The second kappa shape index (κ2) is 11.7. The van der Waals surface area contributed by atoms with Gasteiger partial charge in [0, 0.05) is 32.7 Å². The number of ether oxygens (including phenoxy) is 4. The Morgan fingerprint density at radius 2 is 1.16 bits per heavy atom. The van der Waals surface area contributed by atoms with E-state index in [1.807, 2.05) is 30.3 Å². The van der Waals surface area contributed by atoms with Gasteiger partial charge in [-0.1, -0.05) is 70.3 Å². The number of carbonyl (C=O) groups is 2. The van der Waals surface area contributed by atoms with Crippen molar-refractivity contribution in [3.8, 4) is 11.5 Å². The molecule has 0 aliphatic carbocycles. The van der Waals surface area contributed by atoms with E-state index in [-0.39, 0.29) is 18.6 Å². The maximum atomic E-state index is 12.0. The van der Waals surface area contributed by atoms with Crippen molar-refractivity contribution < 1.29 is 28.5 Å². The lowest BCUT2D eigenvalue weighted by Crippen LogP contribution is -2.23. The first-order valence-electron chi connectivity index (χ1n) is 12.8. The molecule has 0 aromatic heterocycles. The highest BCUT2D eigenvalue weighted by molar-refractivity contribution is 6.11. The van der Waals surface area contributed by atoms with Gasteiger partial charge in [0.05, 0.1) is 0 Å². The number of hydrogen-bond donors (Lipinski definition) is 0. The van der Waals surface area contributed by atoms with Crippen molar-refractivity contribution in [3.63, 3.8) is 0 Å². The summed E-state index contributed by atoms with van der Waals surface area (Å²) in [6.45, 7) is 20.9. The first-order valence-corrected chi connectivity index (χ1v) is 12.8. The van der Waals surface area contributed by atoms with Gasteiger partial charge in [0.2, 0.25) is 0 Å². The van der Waals surface area contributed by atoms with Crippen LogP contribution in [0.4, 0.5) is 0 Å². The predicted molar refractivity (Wildman–Crippen MR) is 152 cm³/mol. The summed E-state index contributed by atoms with van der Waals surface area (Å²) in [4.78, 5) is 24.0. The fourth-order valence-corrected chi connectivity index (χ4v) is 3.91. The summed E-state index contributed by atoms with van der Waals surface area (Å²) < 4.78 is 23.5. The normalized spacial score (nSPS) is 13.0. The topological polar surface area (TPSA) is 71.1 Å². The molecule has 3 aromatic carbocycles. The molecule has 2 unspecified atom stereocenters. The number of esters is 2. The molecule has 0 aliphatic rings. The average molecular weight is 519 g/mol. The second-order valence-corrected chi connectivity index (χ2v) is 10.8. The van der Waals surface area contributed by atoms with Gasteiger partial charge < -0.3 is 18.9 Å². The van der Waals surface area contributed by atoms with E-state index in [0.29, 0.717) is 22.6 Å². The molecule has 3 rings (SSSR count). The standard InChI is InChI=1S/C32H38O6/c1-19(2)30(33)37-21(5)17-35-28-24-12-10-11-13-25(24)29(36-18-22(6)38-31(34)20(3)4)27-16-23(32(7,8)9)14-15-26(27)28/h10-16,21-22H,1,3,17-18H2,2,4-9H3. The van der Waals surface area contributed by atoms with Gasteiger partial charge in [0.15, 0.2) is 0 Å². The fraction of sp³-hybridized carbons (Fsp3) is 0.375. The Labute approximate surface area is 225 Å². The van der Waals surface area contributed by atoms with Crippen LogP contribution in [0.1, 0.15) is 54.0 Å². The summed E-state index contributed by atoms with van der Waals surface area (Å²) in [6, 6.07) is 14.1.